The Kier molecular flexibility index (Phi) is 5.09. The first-order valence-electron chi connectivity index (χ1n) is 8.81. The Bertz CT molecular complexity index is 1000. The molecule has 1 saturated heterocycles. The summed E-state index contributed by atoms with van der Waals surface area (Å²) in [6.07, 6.45) is 6.50. The van der Waals surface area contributed by atoms with Crippen LogP contribution in [0.5, 0.6) is 0 Å². The third kappa shape index (κ3) is 3.68. The highest BCUT2D eigenvalue weighted by Gasteiger charge is 2.27. The van der Waals surface area contributed by atoms with E-state index in [-0.39, 0.29) is 17.6 Å². The van der Waals surface area contributed by atoms with E-state index in [4.69, 9.17) is 11.6 Å². The molecule has 2 aromatic heterocycles. The lowest BCUT2D eigenvalue weighted by atomic mass is 9.89. The second kappa shape index (κ2) is 7.66. The smallest absolute Gasteiger partial charge is 0.246 e. The molecule has 7 heteroatoms. The Morgan fingerprint density at radius 1 is 1.19 bits per heavy atom. The molecule has 0 atom stereocenters. The van der Waals surface area contributed by atoms with Gasteiger partial charge in [-0.25, -0.2) is 4.98 Å². The lowest BCUT2D eigenvalue weighted by Gasteiger charge is -2.30. The average molecular weight is 400 g/mol. The molecule has 1 aliphatic rings. The lowest BCUT2D eigenvalue weighted by Crippen LogP contribution is -2.39. The van der Waals surface area contributed by atoms with Gasteiger partial charge in [-0.3, -0.25) is 14.0 Å². The molecule has 3 aromatic rings. The summed E-state index contributed by atoms with van der Waals surface area (Å²) in [6.45, 7) is 1.17. The second-order valence-corrected chi connectivity index (χ2v) is 7.74. The number of carbonyl (C=O) groups is 2. The van der Waals surface area contributed by atoms with Crippen LogP contribution in [0.15, 0.2) is 48.0 Å². The highest BCUT2D eigenvalue weighted by atomic mass is 35.5. The molecule has 1 aliphatic heterocycles. The molecular formula is C20H18ClN3O2S. The average Bonchev–Trinajstić information content (AvgIpc) is 3.27. The number of aromatic nitrogens is 2. The SMILES string of the molecule is O=C(c1ccccc1)C1CCN(C(=O)/C=C/c2c(Cl)nc3sccn23)CC1. The Labute approximate surface area is 165 Å². The van der Waals surface area contributed by atoms with E-state index in [0.717, 1.165) is 10.5 Å². The van der Waals surface area contributed by atoms with Crippen molar-refractivity contribution in [3.8, 4) is 0 Å². The van der Waals surface area contributed by atoms with Crippen molar-refractivity contribution in [2.45, 2.75) is 12.8 Å². The zero-order valence-electron chi connectivity index (χ0n) is 14.5. The van der Waals surface area contributed by atoms with Crippen molar-refractivity contribution in [2.75, 3.05) is 13.1 Å². The number of benzene rings is 1. The van der Waals surface area contributed by atoms with E-state index >= 15 is 0 Å². The van der Waals surface area contributed by atoms with E-state index in [1.54, 1.807) is 11.0 Å². The topological polar surface area (TPSA) is 54.7 Å². The summed E-state index contributed by atoms with van der Waals surface area (Å²) in [7, 11) is 0. The minimum absolute atomic E-state index is 0.0184. The lowest BCUT2D eigenvalue weighted by molar-refractivity contribution is -0.127. The number of fused-ring (bicyclic) bond motifs is 1. The van der Waals surface area contributed by atoms with Gasteiger partial charge in [-0.1, -0.05) is 41.9 Å². The van der Waals surface area contributed by atoms with E-state index < -0.39 is 0 Å². The van der Waals surface area contributed by atoms with Crippen LogP contribution >= 0.6 is 22.9 Å². The number of hydrogen-bond acceptors (Lipinski definition) is 4. The van der Waals surface area contributed by atoms with Gasteiger partial charge in [0.1, 0.15) is 0 Å². The second-order valence-electron chi connectivity index (χ2n) is 6.51. The Morgan fingerprint density at radius 2 is 1.93 bits per heavy atom. The zero-order valence-corrected chi connectivity index (χ0v) is 16.1. The molecule has 0 N–H and O–H groups in total. The molecular weight excluding hydrogens is 382 g/mol. The molecule has 1 aromatic carbocycles. The zero-order chi connectivity index (χ0) is 18.8. The molecule has 0 radical (unpaired) electrons. The maximum atomic E-state index is 12.6. The number of hydrogen-bond donors (Lipinski definition) is 0. The van der Waals surface area contributed by atoms with E-state index in [9.17, 15) is 9.59 Å². The molecule has 1 amide bonds. The van der Waals surface area contributed by atoms with Gasteiger partial charge in [-0.05, 0) is 18.9 Å². The van der Waals surface area contributed by atoms with Crippen molar-refractivity contribution in [2.24, 2.45) is 5.92 Å². The molecule has 27 heavy (non-hydrogen) atoms. The first kappa shape index (κ1) is 17.9. The summed E-state index contributed by atoms with van der Waals surface area (Å²) in [5.74, 6) is 0.0844. The summed E-state index contributed by atoms with van der Waals surface area (Å²) < 4.78 is 1.86. The Balaban J connectivity index is 1.38. The van der Waals surface area contributed by atoms with E-state index in [1.807, 2.05) is 46.3 Å². The number of amides is 1. The van der Waals surface area contributed by atoms with Crippen LogP contribution in [0.4, 0.5) is 0 Å². The number of rotatable bonds is 4. The number of Topliss-reactive ketones (excluding diaryl/α,β-unsaturated/α-hetero) is 1. The largest absolute Gasteiger partial charge is 0.339 e. The Hall–Kier alpha value is -2.44. The molecule has 138 valence electrons. The normalized spacial score (nSPS) is 15.7. The van der Waals surface area contributed by atoms with Crippen molar-refractivity contribution in [3.63, 3.8) is 0 Å². The molecule has 1 fully saturated rings. The van der Waals surface area contributed by atoms with E-state index in [0.29, 0.717) is 36.8 Å². The van der Waals surface area contributed by atoms with Gasteiger partial charge >= 0.3 is 0 Å². The highest BCUT2D eigenvalue weighted by Crippen LogP contribution is 2.24. The molecule has 0 aliphatic carbocycles. The van der Waals surface area contributed by atoms with Crippen LogP contribution < -0.4 is 0 Å². The fourth-order valence-electron chi connectivity index (χ4n) is 3.38. The van der Waals surface area contributed by atoms with Gasteiger partial charge in [-0.2, -0.15) is 0 Å². The van der Waals surface area contributed by atoms with Gasteiger partial charge in [0, 0.05) is 42.2 Å². The number of imidazole rings is 1. The van der Waals surface area contributed by atoms with Gasteiger partial charge in [0.2, 0.25) is 5.91 Å². The third-order valence-electron chi connectivity index (χ3n) is 4.87. The molecule has 4 rings (SSSR count). The summed E-state index contributed by atoms with van der Waals surface area (Å²) >= 11 is 7.64. The van der Waals surface area contributed by atoms with Crippen molar-refractivity contribution >= 4 is 45.7 Å². The van der Waals surface area contributed by atoms with Crippen molar-refractivity contribution in [3.05, 3.63) is 64.4 Å². The van der Waals surface area contributed by atoms with Crippen molar-refractivity contribution in [1.29, 1.82) is 0 Å². The molecule has 0 bridgehead atoms. The number of piperidine rings is 1. The first-order chi connectivity index (χ1) is 13.1. The predicted octanol–water partition coefficient (Wildman–Crippen LogP) is 4.18. The molecule has 5 nitrogen and oxygen atoms in total. The Morgan fingerprint density at radius 3 is 2.67 bits per heavy atom. The van der Waals surface area contributed by atoms with Crippen LogP contribution in [-0.4, -0.2) is 39.1 Å². The number of thiazole rings is 1. The maximum Gasteiger partial charge on any atom is 0.246 e. The number of halogens is 1. The fraction of sp³-hybridized carbons (Fsp3) is 0.250. The van der Waals surface area contributed by atoms with Crippen LogP contribution in [0.25, 0.3) is 11.0 Å². The van der Waals surface area contributed by atoms with E-state index in [2.05, 4.69) is 4.98 Å². The third-order valence-corrected chi connectivity index (χ3v) is 5.91. The van der Waals surface area contributed by atoms with Gasteiger partial charge in [0.15, 0.2) is 15.9 Å². The molecule has 0 saturated carbocycles. The first-order valence-corrected chi connectivity index (χ1v) is 10.1. The quantitative estimate of drug-likeness (QED) is 0.488. The fourth-order valence-corrected chi connectivity index (χ4v) is 4.39. The molecule has 0 spiro atoms. The van der Waals surface area contributed by atoms with Gasteiger partial charge in [0.25, 0.3) is 0 Å². The monoisotopic (exact) mass is 399 g/mol. The van der Waals surface area contributed by atoms with Crippen LogP contribution in [0, 0.1) is 5.92 Å². The van der Waals surface area contributed by atoms with Crippen LogP contribution in [0.1, 0.15) is 28.9 Å². The maximum absolute atomic E-state index is 12.6. The molecule has 0 unspecified atom stereocenters. The predicted molar refractivity (Wildman–Crippen MR) is 107 cm³/mol. The summed E-state index contributed by atoms with van der Waals surface area (Å²) in [5, 5.41) is 2.31. The number of ketones is 1. The van der Waals surface area contributed by atoms with Gasteiger partial charge in [-0.15, -0.1) is 11.3 Å². The summed E-state index contributed by atoms with van der Waals surface area (Å²) in [4.78, 5) is 31.9. The standard InChI is InChI=1S/C20H18ClN3O2S/c21-19-16(24-12-13-27-20(24)22-19)6-7-17(25)23-10-8-15(9-11-23)18(26)14-4-2-1-3-5-14/h1-7,12-13,15H,8-11H2/b7-6+. The van der Waals surface area contributed by atoms with Crippen molar-refractivity contribution in [1.82, 2.24) is 14.3 Å². The van der Waals surface area contributed by atoms with Gasteiger partial charge in [0.05, 0.1) is 5.69 Å². The minimum atomic E-state index is -0.0677. The molecule has 3 heterocycles. The van der Waals surface area contributed by atoms with E-state index in [1.165, 1.54) is 17.4 Å². The van der Waals surface area contributed by atoms with Crippen LogP contribution in [0.3, 0.4) is 0 Å². The highest BCUT2D eigenvalue weighted by molar-refractivity contribution is 7.15. The number of likely N-dealkylation sites (tertiary alicyclic amines) is 1. The number of carbonyl (C=O) groups excluding carboxylic acids is 2. The van der Waals surface area contributed by atoms with Crippen LogP contribution in [-0.2, 0) is 4.79 Å². The minimum Gasteiger partial charge on any atom is -0.339 e. The summed E-state index contributed by atoms with van der Waals surface area (Å²) in [6, 6.07) is 9.36. The van der Waals surface area contributed by atoms with Gasteiger partial charge < -0.3 is 4.90 Å². The number of nitrogens with zero attached hydrogens (tertiary/aromatic N) is 3. The summed E-state index contributed by atoms with van der Waals surface area (Å²) in [5.41, 5.74) is 1.45. The van der Waals surface area contributed by atoms with Crippen LogP contribution in [0.2, 0.25) is 5.15 Å². The van der Waals surface area contributed by atoms with Crippen molar-refractivity contribution < 1.29 is 9.59 Å².